The van der Waals surface area contributed by atoms with Gasteiger partial charge in [-0.05, 0) is 24.6 Å². The number of fused-ring (bicyclic) bond motifs is 1. The summed E-state index contributed by atoms with van der Waals surface area (Å²) in [5, 5.41) is 11.5. The highest BCUT2D eigenvalue weighted by atomic mass is 35.5. The number of rotatable bonds is 8. The summed E-state index contributed by atoms with van der Waals surface area (Å²) < 4.78 is 31.0. The lowest BCUT2D eigenvalue weighted by molar-refractivity contribution is -0.0242. The SMILES string of the molecule is CC(c1cnc(OCC(C)(F)F)c(Cl)c1)N1Cc2c(ccnc2C(=O)NCCO)C1=O. The van der Waals surface area contributed by atoms with Gasteiger partial charge in [-0.15, -0.1) is 0 Å². The molecule has 1 aliphatic heterocycles. The first-order valence-electron chi connectivity index (χ1n) is 9.46. The first kappa shape index (κ1) is 22.8. The fourth-order valence-corrected chi connectivity index (χ4v) is 3.39. The highest BCUT2D eigenvalue weighted by molar-refractivity contribution is 6.31. The number of carbonyl (C=O) groups is 2. The fraction of sp³-hybridized carbons (Fsp3) is 0.400. The Kier molecular flexibility index (Phi) is 6.71. The second kappa shape index (κ2) is 9.11. The third-order valence-corrected chi connectivity index (χ3v) is 5.00. The maximum absolute atomic E-state index is 13.0. The van der Waals surface area contributed by atoms with Crippen molar-refractivity contribution < 1.29 is 28.2 Å². The second-order valence-corrected chi connectivity index (χ2v) is 7.60. The van der Waals surface area contributed by atoms with E-state index in [0.29, 0.717) is 16.7 Å². The van der Waals surface area contributed by atoms with Crippen LogP contribution >= 0.6 is 11.6 Å². The molecule has 0 saturated heterocycles. The van der Waals surface area contributed by atoms with Gasteiger partial charge < -0.3 is 20.1 Å². The summed E-state index contributed by atoms with van der Waals surface area (Å²) in [7, 11) is 0. The van der Waals surface area contributed by atoms with Crippen molar-refractivity contribution in [1.29, 1.82) is 0 Å². The number of hydrogen-bond acceptors (Lipinski definition) is 6. The smallest absolute Gasteiger partial charge is 0.278 e. The van der Waals surface area contributed by atoms with Crippen molar-refractivity contribution in [3.63, 3.8) is 0 Å². The van der Waals surface area contributed by atoms with Crippen molar-refractivity contribution in [2.75, 3.05) is 19.8 Å². The average molecular weight is 455 g/mol. The lowest BCUT2D eigenvalue weighted by atomic mass is 10.1. The quantitative estimate of drug-likeness (QED) is 0.635. The molecule has 31 heavy (non-hydrogen) atoms. The monoisotopic (exact) mass is 454 g/mol. The van der Waals surface area contributed by atoms with E-state index in [9.17, 15) is 18.4 Å². The van der Waals surface area contributed by atoms with Gasteiger partial charge in [-0.1, -0.05) is 11.6 Å². The maximum Gasteiger partial charge on any atom is 0.278 e. The van der Waals surface area contributed by atoms with Gasteiger partial charge in [-0.3, -0.25) is 14.6 Å². The standard InChI is InChI=1S/C20H21ClF2N4O4/c1-11(12-7-15(21)18(26-8-12)31-10-20(2,22)23)27-9-14-13(19(27)30)3-4-24-16(14)17(29)25-5-6-28/h3-4,7-8,11,28H,5-6,9-10H2,1-2H3,(H,25,29). The van der Waals surface area contributed by atoms with E-state index in [2.05, 4.69) is 15.3 Å². The van der Waals surface area contributed by atoms with Gasteiger partial charge in [-0.25, -0.2) is 13.8 Å². The number of hydrogen-bond donors (Lipinski definition) is 2. The Morgan fingerprint density at radius 2 is 2.19 bits per heavy atom. The molecule has 8 nitrogen and oxygen atoms in total. The van der Waals surface area contributed by atoms with Crippen LogP contribution in [0.1, 0.15) is 51.9 Å². The summed E-state index contributed by atoms with van der Waals surface area (Å²) in [6.07, 6.45) is 2.79. The van der Waals surface area contributed by atoms with Gasteiger partial charge in [0.25, 0.3) is 17.7 Å². The Morgan fingerprint density at radius 1 is 1.45 bits per heavy atom. The highest BCUT2D eigenvalue weighted by Gasteiger charge is 2.35. The molecule has 11 heteroatoms. The normalized spacial score (nSPS) is 14.4. The van der Waals surface area contributed by atoms with Crippen LogP contribution in [0.4, 0.5) is 8.78 Å². The van der Waals surface area contributed by atoms with Crippen LogP contribution in [0, 0.1) is 0 Å². The van der Waals surface area contributed by atoms with Crippen molar-refractivity contribution in [1.82, 2.24) is 20.2 Å². The van der Waals surface area contributed by atoms with Crippen LogP contribution in [0.5, 0.6) is 5.88 Å². The lowest BCUT2D eigenvalue weighted by Crippen LogP contribution is -2.29. The van der Waals surface area contributed by atoms with Crippen molar-refractivity contribution in [2.45, 2.75) is 32.4 Å². The van der Waals surface area contributed by atoms with Gasteiger partial charge in [0.1, 0.15) is 10.7 Å². The van der Waals surface area contributed by atoms with Gasteiger partial charge >= 0.3 is 0 Å². The summed E-state index contributed by atoms with van der Waals surface area (Å²) in [6.45, 7) is 1.62. The van der Waals surface area contributed by atoms with Crippen molar-refractivity contribution in [3.05, 3.63) is 51.9 Å². The first-order chi connectivity index (χ1) is 14.6. The van der Waals surface area contributed by atoms with E-state index in [1.54, 1.807) is 13.0 Å². The molecule has 0 aliphatic carbocycles. The Balaban J connectivity index is 1.80. The zero-order valence-corrected chi connectivity index (χ0v) is 17.6. The first-order valence-corrected chi connectivity index (χ1v) is 9.84. The number of nitrogens with zero attached hydrogens (tertiary/aromatic N) is 3. The number of pyridine rings is 2. The minimum absolute atomic E-state index is 0.0449. The predicted octanol–water partition coefficient (Wildman–Crippen LogP) is 2.60. The van der Waals surface area contributed by atoms with E-state index in [1.807, 2.05) is 0 Å². The number of carbonyl (C=O) groups excluding carboxylic acids is 2. The number of nitrogens with one attached hydrogen (secondary N) is 1. The van der Waals surface area contributed by atoms with Crippen LogP contribution in [-0.2, 0) is 6.54 Å². The molecule has 166 valence electrons. The van der Waals surface area contributed by atoms with Gasteiger partial charge in [0.05, 0.1) is 12.6 Å². The molecule has 3 heterocycles. The molecule has 0 radical (unpaired) electrons. The van der Waals surface area contributed by atoms with Crippen LogP contribution in [0.3, 0.4) is 0 Å². The molecular formula is C20H21ClF2N4O4. The van der Waals surface area contributed by atoms with E-state index in [0.717, 1.165) is 6.92 Å². The number of amides is 2. The number of aliphatic hydroxyl groups is 1. The fourth-order valence-electron chi connectivity index (χ4n) is 3.16. The average Bonchev–Trinajstić information content (AvgIpc) is 3.06. The summed E-state index contributed by atoms with van der Waals surface area (Å²) in [4.78, 5) is 34.9. The van der Waals surface area contributed by atoms with Crippen LogP contribution in [0.15, 0.2) is 24.5 Å². The van der Waals surface area contributed by atoms with Crippen molar-refractivity contribution in [2.24, 2.45) is 0 Å². The van der Waals surface area contributed by atoms with E-state index in [4.69, 9.17) is 21.4 Å². The Bertz CT molecular complexity index is 1000. The third-order valence-electron chi connectivity index (χ3n) is 4.73. The van der Waals surface area contributed by atoms with Crippen LogP contribution < -0.4 is 10.1 Å². The zero-order valence-electron chi connectivity index (χ0n) is 16.9. The molecule has 1 unspecified atom stereocenters. The van der Waals surface area contributed by atoms with E-state index in [1.165, 1.54) is 23.4 Å². The molecule has 0 saturated carbocycles. The van der Waals surface area contributed by atoms with Crippen LogP contribution in [0.2, 0.25) is 5.02 Å². The molecule has 3 rings (SSSR count). The van der Waals surface area contributed by atoms with Crippen LogP contribution in [-0.4, -0.2) is 57.5 Å². The zero-order chi connectivity index (χ0) is 22.8. The molecule has 2 aromatic rings. The summed E-state index contributed by atoms with van der Waals surface area (Å²) in [6, 6.07) is 2.58. The molecule has 1 atom stereocenters. The predicted molar refractivity (Wildman–Crippen MR) is 107 cm³/mol. The molecule has 2 amide bonds. The second-order valence-electron chi connectivity index (χ2n) is 7.19. The van der Waals surface area contributed by atoms with Crippen molar-refractivity contribution in [3.8, 4) is 5.88 Å². The molecule has 2 N–H and O–H groups in total. The molecule has 0 fully saturated rings. The van der Waals surface area contributed by atoms with Gasteiger partial charge in [0.15, 0.2) is 6.61 Å². The molecule has 0 bridgehead atoms. The summed E-state index contributed by atoms with van der Waals surface area (Å²) in [5.41, 5.74) is 1.54. The minimum atomic E-state index is -3.03. The topological polar surface area (TPSA) is 105 Å². The summed E-state index contributed by atoms with van der Waals surface area (Å²) in [5.74, 6) is -3.92. The minimum Gasteiger partial charge on any atom is -0.470 e. The van der Waals surface area contributed by atoms with E-state index in [-0.39, 0.29) is 42.2 Å². The van der Waals surface area contributed by atoms with Crippen LogP contribution in [0.25, 0.3) is 0 Å². The highest BCUT2D eigenvalue weighted by Crippen LogP contribution is 2.34. The lowest BCUT2D eigenvalue weighted by Gasteiger charge is -2.25. The molecule has 0 spiro atoms. The number of ether oxygens (including phenoxy) is 1. The van der Waals surface area contributed by atoms with Gasteiger partial charge in [-0.2, -0.15) is 0 Å². The number of halogens is 3. The number of alkyl halides is 2. The maximum atomic E-state index is 13.0. The van der Waals surface area contributed by atoms with Crippen molar-refractivity contribution >= 4 is 23.4 Å². The molecule has 0 aromatic carbocycles. The Hall–Kier alpha value is -2.85. The van der Waals surface area contributed by atoms with E-state index >= 15 is 0 Å². The molecular weight excluding hydrogens is 434 g/mol. The van der Waals surface area contributed by atoms with Gasteiger partial charge in [0, 0.05) is 43.5 Å². The van der Waals surface area contributed by atoms with E-state index < -0.39 is 24.5 Å². The Labute approximate surface area is 182 Å². The summed E-state index contributed by atoms with van der Waals surface area (Å²) >= 11 is 6.13. The number of aromatic nitrogens is 2. The molecule has 2 aromatic heterocycles. The van der Waals surface area contributed by atoms with Gasteiger partial charge in [0.2, 0.25) is 5.88 Å². The third kappa shape index (κ3) is 5.08. The Morgan fingerprint density at radius 3 is 2.84 bits per heavy atom. The number of aliphatic hydroxyl groups excluding tert-OH is 1. The molecule has 1 aliphatic rings. The largest absolute Gasteiger partial charge is 0.470 e.